The van der Waals surface area contributed by atoms with Gasteiger partial charge in [0.15, 0.2) is 0 Å². The Morgan fingerprint density at radius 2 is 2.00 bits per heavy atom. The lowest BCUT2D eigenvalue weighted by molar-refractivity contribution is -0.135. The predicted octanol–water partition coefficient (Wildman–Crippen LogP) is 0.499. The van der Waals surface area contributed by atoms with Crippen molar-refractivity contribution in [3.63, 3.8) is 0 Å². The summed E-state index contributed by atoms with van der Waals surface area (Å²) >= 11 is 0. The number of nitrogens with two attached hydrogens (primary N) is 1. The highest BCUT2D eigenvalue weighted by Gasteiger charge is 2.08. The van der Waals surface area contributed by atoms with Crippen molar-refractivity contribution in [2.24, 2.45) is 5.73 Å². The van der Waals surface area contributed by atoms with Crippen molar-refractivity contribution in [2.45, 2.75) is 0 Å². The second-order valence-electron chi connectivity index (χ2n) is 3.82. The molecule has 5 heteroatoms. The van der Waals surface area contributed by atoms with Crippen LogP contribution in [-0.2, 0) is 9.53 Å². The molecule has 0 aliphatic rings. The Morgan fingerprint density at radius 1 is 1.28 bits per heavy atom. The minimum Gasteiger partial charge on any atom is -0.492 e. The van der Waals surface area contributed by atoms with E-state index in [0.717, 1.165) is 5.75 Å². The zero-order valence-electron chi connectivity index (χ0n) is 10.7. The van der Waals surface area contributed by atoms with Gasteiger partial charge in [-0.25, -0.2) is 0 Å². The van der Waals surface area contributed by atoms with Crippen LogP contribution in [-0.4, -0.2) is 50.8 Å². The molecule has 2 N–H and O–H groups in total. The van der Waals surface area contributed by atoms with Crippen LogP contribution in [0.15, 0.2) is 30.3 Å². The van der Waals surface area contributed by atoms with Crippen LogP contribution < -0.4 is 10.5 Å². The van der Waals surface area contributed by atoms with Gasteiger partial charge in [0.1, 0.15) is 19.0 Å². The third-order valence-electron chi connectivity index (χ3n) is 2.35. The minimum absolute atomic E-state index is 0.0685. The van der Waals surface area contributed by atoms with Gasteiger partial charge in [0.05, 0.1) is 13.2 Å². The van der Waals surface area contributed by atoms with E-state index in [-0.39, 0.29) is 12.5 Å². The van der Waals surface area contributed by atoms with Crippen molar-refractivity contribution in [1.29, 1.82) is 0 Å². The van der Waals surface area contributed by atoms with Crippen LogP contribution in [0.5, 0.6) is 5.75 Å². The van der Waals surface area contributed by atoms with Crippen LogP contribution in [0.2, 0.25) is 0 Å². The first kappa shape index (κ1) is 14.5. The Hall–Kier alpha value is -1.59. The Kier molecular flexibility index (Phi) is 6.83. The molecule has 0 atom stereocenters. The number of hydrogen-bond donors (Lipinski definition) is 1. The van der Waals surface area contributed by atoms with Gasteiger partial charge >= 0.3 is 0 Å². The molecular weight excluding hydrogens is 232 g/mol. The average Bonchev–Trinajstić information content (AvgIpc) is 2.40. The van der Waals surface area contributed by atoms with E-state index in [2.05, 4.69) is 0 Å². The van der Waals surface area contributed by atoms with Crippen molar-refractivity contribution in [2.75, 3.05) is 40.0 Å². The standard InChI is InChI=1S/C13H20N2O3/c1-15(13(16)11-17-9-7-14)8-10-18-12-5-3-2-4-6-12/h2-6H,7-11,14H2,1H3. The summed E-state index contributed by atoms with van der Waals surface area (Å²) in [6.45, 7) is 1.89. The summed E-state index contributed by atoms with van der Waals surface area (Å²) in [5.41, 5.74) is 5.27. The van der Waals surface area contributed by atoms with Crippen LogP contribution in [0, 0.1) is 0 Å². The lowest BCUT2D eigenvalue weighted by Crippen LogP contribution is -2.34. The first-order chi connectivity index (χ1) is 8.74. The molecule has 18 heavy (non-hydrogen) atoms. The normalized spacial score (nSPS) is 10.1. The average molecular weight is 252 g/mol. The van der Waals surface area contributed by atoms with Crippen LogP contribution >= 0.6 is 0 Å². The fourth-order valence-corrected chi connectivity index (χ4v) is 1.29. The molecule has 5 nitrogen and oxygen atoms in total. The second-order valence-corrected chi connectivity index (χ2v) is 3.82. The summed E-state index contributed by atoms with van der Waals surface area (Å²) in [5.74, 6) is 0.734. The van der Waals surface area contributed by atoms with E-state index in [4.69, 9.17) is 15.2 Å². The van der Waals surface area contributed by atoms with Crippen molar-refractivity contribution >= 4 is 5.91 Å². The Balaban J connectivity index is 2.16. The van der Waals surface area contributed by atoms with Crippen LogP contribution in [0.25, 0.3) is 0 Å². The molecule has 0 saturated carbocycles. The molecule has 0 saturated heterocycles. The van der Waals surface area contributed by atoms with Gasteiger partial charge in [-0.3, -0.25) is 4.79 Å². The van der Waals surface area contributed by atoms with E-state index >= 15 is 0 Å². The molecule has 1 aromatic rings. The van der Waals surface area contributed by atoms with Gasteiger partial charge in [0, 0.05) is 13.6 Å². The number of nitrogens with zero attached hydrogens (tertiary/aromatic N) is 1. The van der Waals surface area contributed by atoms with Crippen molar-refractivity contribution in [3.8, 4) is 5.75 Å². The number of likely N-dealkylation sites (N-methyl/N-ethyl adjacent to an activating group) is 1. The Labute approximate surface area is 107 Å². The molecule has 0 aliphatic carbocycles. The van der Waals surface area contributed by atoms with Gasteiger partial charge in [-0.05, 0) is 12.1 Å². The van der Waals surface area contributed by atoms with E-state index in [9.17, 15) is 4.79 Å². The maximum absolute atomic E-state index is 11.6. The van der Waals surface area contributed by atoms with E-state index in [1.54, 1.807) is 11.9 Å². The van der Waals surface area contributed by atoms with Crippen molar-refractivity contribution < 1.29 is 14.3 Å². The smallest absolute Gasteiger partial charge is 0.248 e. The molecule has 1 aromatic carbocycles. The molecule has 0 aromatic heterocycles. The van der Waals surface area contributed by atoms with Crippen LogP contribution in [0.4, 0.5) is 0 Å². The number of carbonyl (C=O) groups is 1. The molecule has 0 aliphatic heterocycles. The predicted molar refractivity (Wildman–Crippen MR) is 69.4 cm³/mol. The largest absolute Gasteiger partial charge is 0.492 e. The summed E-state index contributed by atoms with van der Waals surface area (Å²) in [5, 5.41) is 0. The highest BCUT2D eigenvalue weighted by Crippen LogP contribution is 2.07. The number of rotatable bonds is 8. The van der Waals surface area contributed by atoms with Gasteiger partial charge in [0.25, 0.3) is 0 Å². The third-order valence-corrected chi connectivity index (χ3v) is 2.35. The molecule has 100 valence electrons. The molecule has 0 fully saturated rings. The van der Waals surface area contributed by atoms with Gasteiger partial charge in [-0.2, -0.15) is 0 Å². The Morgan fingerprint density at radius 3 is 2.67 bits per heavy atom. The topological polar surface area (TPSA) is 64.8 Å². The number of benzene rings is 1. The SMILES string of the molecule is CN(CCOc1ccccc1)C(=O)COCCN. The van der Waals surface area contributed by atoms with E-state index in [1.165, 1.54) is 0 Å². The molecule has 0 bridgehead atoms. The highest BCUT2D eigenvalue weighted by atomic mass is 16.5. The van der Waals surface area contributed by atoms with Crippen molar-refractivity contribution in [3.05, 3.63) is 30.3 Å². The minimum atomic E-state index is -0.0693. The van der Waals surface area contributed by atoms with E-state index in [0.29, 0.717) is 26.3 Å². The van der Waals surface area contributed by atoms with Crippen LogP contribution in [0.3, 0.4) is 0 Å². The van der Waals surface area contributed by atoms with E-state index in [1.807, 2.05) is 30.3 Å². The maximum Gasteiger partial charge on any atom is 0.248 e. The van der Waals surface area contributed by atoms with Gasteiger partial charge in [-0.1, -0.05) is 18.2 Å². The van der Waals surface area contributed by atoms with E-state index < -0.39 is 0 Å². The van der Waals surface area contributed by atoms with Gasteiger partial charge in [-0.15, -0.1) is 0 Å². The lowest BCUT2D eigenvalue weighted by Gasteiger charge is -2.17. The second kappa shape index (κ2) is 8.49. The number of carbonyl (C=O) groups excluding carboxylic acids is 1. The zero-order chi connectivity index (χ0) is 13.2. The Bertz CT molecular complexity index is 343. The lowest BCUT2D eigenvalue weighted by atomic mass is 10.3. The maximum atomic E-state index is 11.6. The number of ether oxygens (including phenoxy) is 2. The summed E-state index contributed by atoms with van der Waals surface area (Å²) in [6.07, 6.45) is 0. The summed E-state index contributed by atoms with van der Waals surface area (Å²) < 4.78 is 10.6. The number of hydrogen-bond acceptors (Lipinski definition) is 4. The highest BCUT2D eigenvalue weighted by molar-refractivity contribution is 5.77. The first-order valence-corrected chi connectivity index (χ1v) is 5.93. The first-order valence-electron chi connectivity index (χ1n) is 5.93. The summed E-state index contributed by atoms with van der Waals surface area (Å²) in [4.78, 5) is 13.1. The van der Waals surface area contributed by atoms with Gasteiger partial charge in [0.2, 0.25) is 5.91 Å². The fourth-order valence-electron chi connectivity index (χ4n) is 1.29. The molecule has 0 radical (unpaired) electrons. The molecule has 1 rings (SSSR count). The molecule has 0 spiro atoms. The molecule has 1 amide bonds. The molecule has 0 heterocycles. The third kappa shape index (κ3) is 5.65. The van der Waals surface area contributed by atoms with Crippen molar-refractivity contribution in [1.82, 2.24) is 4.90 Å². The van der Waals surface area contributed by atoms with Crippen LogP contribution in [0.1, 0.15) is 0 Å². The summed E-state index contributed by atoms with van der Waals surface area (Å²) in [6, 6.07) is 9.51. The number of para-hydroxylation sites is 1. The van der Waals surface area contributed by atoms with Gasteiger partial charge < -0.3 is 20.1 Å². The monoisotopic (exact) mass is 252 g/mol. The fraction of sp³-hybridized carbons (Fsp3) is 0.462. The molecular formula is C13H20N2O3. The zero-order valence-corrected chi connectivity index (χ0v) is 10.7. The molecule has 0 unspecified atom stereocenters. The summed E-state index contributed by atoms with van der Waals surface area (Å²) in [7, 11) is 1.72. The number of amides is 1. The quantitative estimate of drug-likeness (QED) is 0.684.